The fraction of sp³-hybridized carbons (Fsp3) is 0.200. The summed E-state index contributed by atoms with van der Waals surface area (Å²) in [5.74, 6) is -2.11. The summed E-state index contributed by atoms with van der Waals surface area (Å²) < 4.78 is 5.86. The van der Waals surface area contributed by atoms with Gasteiger partial charge in [0.2, 0.25) is 0 Å². The van der Waals surface area contributed by atoms with Gasteiger partial charge in [-0.1, -0.05) is 96.1 Å². The van der Waals surface area contributed by atoms with Crippen molar-refractivity contribution in [3.05, 3.63) is 131 Å². The summed E-state index contributed by atoms with van der Waals surface area (Å²) in [5, 5.41) is 0.551. The van der Waals surface area contributed by atoms with Crippen LogP contribution in [0.1, 0.15) is 56.2 Å². The standard InChI is InChI=1S/C35H28N2O6/c38-31-28-16-8-9-17-29(28)32(39)37(31)43-33(40)35(23-10-2-1-3-11-23)18-20-36(21-19-35)34(41)42-22-30-26-14-6-4-12-24(26)25-13-5-7-15-27(25)30/h1-17,30H,18-22H2. The molecule has 8 nitrogen and oxygen atoms in total. The minimum atomic E-state index is -1.16. The quantitative estimate of drug-likeness (QED) is 0.284. The Morgan fingerprint density at radius 2 is 1.16 bits per heavy atom. The van der Waals surface area contributed by atoms with E-state index in [2.05, 4.69) is 24.3 Å². The predicted molar refractivity (Wildman–Crippen MR) is 157 cm³/mol. The first-order valence-electron chi connectivity index (χ1n) is 14.3. The fourth-order valence-electron chi connectivity index (χ4n) is 6.54. The topological polar surface area (TPSA) is 93.2 Å². The first-order valence-corrected chi connectivity index (χ1v) is 14.3. The van der Waals surface area contributed by atoms with E-state index in [1.54, 1.807) is 17.0 Å². The number of carbonyl (C=O) groups is 4. The Morgan fingerprint density at radius 3 is 1.72 bits per heavy atom. The first kappa shape index (κ1) is 26.6. The molecule has 0 unspecified atom stereocenters. The van der Waals surface area contributed by atoms with Gasteiger partial charge in [0.25, 0.3) is 11.8 Å². The Bertz CT molecular complexity index is 1680. The third-order valence-corrected chi connectivity index (χ3v) is 8.86. The Morgan fingerprint density at radius 1 is 0.674 bits per heavy atom. The molecule has 2 aliphatic heterocycles. The van der Waals surface area contributed by atoms with Gasteiger partial charge in [-0.15, -0.1) is 0 Å². The van der Waals surface area contributed by atoms with Gasteiger partial charge >= 0.3 is 12.1 Å². The number of piperidine rings is 1. The molecule has 0 spiro atoms. The lowest BCUT2D eigenvalue weighted by atomic mass is 9.73. The van der Waals surface area contributed by atoms with Crippen LogP contribution in [0, 0.1) is 0 Å². The maximum absolute atomic E-state index is 13.8. The minimum Gasteiger partial charge on any atom is -0.448 e. The zero-order valence-electron chi connectivity index (χ0n) is 23.3. The van der Waals surface area contributed by atoms with E-state index >= 15 is 0 Å². The van der Waals surface area contributed by atoms with Gasteiger partial charge in [-0.05, 0) is 52.8 Å². The molecule has 4 aromatic rings. The summed E-state index contributed by atoms with van der Waals surface area (Å²) in [5.41, 5.74) is 4.50. The molecule has 43 heavy (non-hydrogen) atoms. The number of benzene rings is 4. The molecule has 0 bridgehead atoms. The highest BCUT2D eigenvalue weighted by Crippen LogP contribution is 2.45. The molecule has 1 aliphatic carbocycles. The van der Waals surface area contributed by atoms with E-state index in [1.807, 2.05) is 54.6 Å². The number of nitrogens with zero attached hydrogens (tertiary/aromatic N) is 2. The number of ether oxygens (including phenoxy) is 1. The molecule has 0 atom stereocenters. The van der Waals surface area contributed by atoms with E-state index < -0.39 is 29.3 Å². The van der Waals surface area contributed by atoms with Crippen molar-refractivity contribution in [1.29, 1.82) is 0 Å². The summed E-state index contributed by atoms with van der Waals surface area (Å²) in [7, 11) is 0. The van der Waals surface area contributed by atoms with E-state index in [1.165, 1.54) is 12.1 Å². The second kappa shape index (κ2) is 10.5. The number of hydroxylamine groups is 2. The van der Waals surface area contributed by atoms with E-state index in [0.717, 1.165) is 22.3 Å². The summed E-state index contributed by atoms with van der Waals surface area (Å²) >= 11 is 0. The van der Waals surface area contributed by atoms with Crippen LogP contribution < -0.4 is 0 Å². The van der Waals surface area contributed by atoms with Gasteiger partial charge in [0, 0.05) is 19.0 Å². The summed E-state index contributed by atoms with van der Waals surface area (Å²) in [6.45, 7) is 0.681. The highest BCUT2D eigenvalue weighted by molar-refractivity contribution is 6.21. The summed E-state index contributed by atoms with van der Waals surface area (Å²) in [6, 6.07) is 31.8. The number of likely N-dealkylation sites (tertiary alicyclic amines) is 1. The Labute approximate surface area is 248 Å². The van der Waals surface area contributed by atoms with Gasteiger partial charge in [-0.2, -0.15) is 0 Å². The molecule has 0 N–H and O–H groups in total. The van der Waals surface area contributed by atoms with Gasteiger partial charge in [-0.25, -0.2) is 9.59 Å². The Hall–Kier alpha value is -5.24. The van der Waals surface area contributed by atoms with Crippen molar-refractivity contribution >= 4 is 23.9 Å². The molecule has 1 saturated heterocycles. The zero-order chi connectivity index (χ0) is 29.6. The monoisotopic (exact) mass is 572 g/mol. The minimum absolute atomic E-state index is 0.0563. The van der Waals surface area contributed by atoms with Crippen molar-refractivity contribution in [1.82, 2.24) is 9.96 Å². The van der Waals surface area contributed by atoms with Crippen LogP contribution in [0.15, 0.2) is 103 Å². The number of hydrogen-bond donors (Lipinski definition) is 0. The van der Waals surface area contributed by atoms with Crippen LogP contribution >= 0.6 is 0 Å². The van der Waals surface area contributed by atoms with Crippen molar-refractivity contribution in [3.63, 3.8) is 0 Å². The maximum Gasteiger partial charge on any atom is 0.409 e. The number of fused-ring (bicyclic) bond motifs is 4. The van der Waals surface area contributed by atoms with Crippen molar-refractivity contribution < 1.29 is 28.8 Å². The highest BCUT2D eigenvalue weighted by atomic mass is 16.7. The van der Waals surface area contributed by atoms with Crippen LogP contribution in [0.4, 0.5) is 4.79 Å². The maximum atomic E-state index is 13.8. The molecule has 2 heterocycles. The molecule has 3 amide bonds. The molecule has 0 radical (unpaired) electrons. The van der Waals surface area contributed by atoms with Crippen LogP contribution in [0.25, 0.3) is 11.1 Å². The molecule has 4 aromatic carbocycles. The normalized spacial score (nSPS) is 16.8. The Balaban J connectivity index is 1.06. The number of rotatable bonds is 5. The second-order valence-corrected chi connectivity index (χ2v) is 11.1. The van der Waals surface area contributed by atoms with Crippen molar-refractivity contribution in [2.24, 2.45) is 0 Å². The fourth-order valence-corrected chi connectivity index (χ4v) is 6.54. The van der Waals surface area contributed by atoms with Gasteiger partial charge in [0.05, 0.1) is 16.5 Å². The molecule has 214 valence electrons. The van der Waals surface area contributed by atoms with Gasteiger partial charge in [0.15, 0.2) is 0 Å². The summed E-state index contributed by atoms with van der Waals surface area (Å²) in [4.78, 5) is 60.1. The third kappa shape index (κ3) is 4.37. The van der Waals surface area contributed by atoms with Crippen LogP contribution in [-0.2, 0) is 19.8 Å². The highest BCUT2D eigenvalue weighted by Gasteiger charge is 2.49. The molecule has 3 aliphatic rings. The van der Waals surface area contributed by atoms with Crippen LogP contribution in [0.2, 0.25) is 0 Å². The average Bonchev–Trinajstić information content (AvgIpc) is 3.51. The van der Waals surface area contributed by atoms with Crippen molar-refractivity contribution in [2.75, 3.05) is 19.7 Å². The van der Waals surface area contributed by atoms with E-state index in [9.17, 15) is 19.2 Å². The van der Waals surface area contributed by atoms with Gasteiger partial charge in [-0.3, -0.25) is 9.59 Å². The van der Waals surface area contributed by atoms with Crippen LogP contribution in [0.5, 0.6) is 0 Å². The molecule has 0 saturated carbocycles. The predicted octanol–water partition coefficient (Wildman–Crippen LogP) is 5.72. The zero-order valence-corrected chi connectivity index (χ0v) is 23.3. The molecule has 7 rings (SSSR count). The van der Waals surface area contributed by atoms with Gasteiger partial charge in [0.1, 0.15) is 6.61 Å². The molecular weight excluding hydrogens is 544 g/mol. The number of amides is 3. The molecule has 1 fully saturated rings. The molecule has 8 heteroatoms. The molecule has 0 aromatic heterocycles. The number of carbonyl (C=O) groups excluding carboxylic acids is 4. The van der Waals surface area contributed by atoms with E-state index in [0.29, 0.717) is 10.6 Å². The van der Waals surface area contributed by atoms with Crippen molar-refractivity contribution in [2.45, 2.75) is 24.2 Å². The smallest absolute Gasteiger partial charge is 0.409 e. The second-order valence-electron chi connectivity index (χ2n) is 11.1. The van der Waals surface area contributed by atoms with Gasteiger partial charge < -0.3 is 14.5 Å². The first-order chi connectivity index (χ1) is 21.0. The summed E-state index contributed by atoms with van der Waals surface area (Å²) in [6.07, 6.45) is 0.0316. The molecular formula is C35H28N2O6. The third-order valence-electron chi connectivity index (χ3n) is 8.86. The average molecular weight is 573 g/mol. The lowest BCUT2D eigenvalue weighted by Gasteiger charge is -2.40. The number of hydrogen-bond acceptors (Lipinski definition) is 6. The SMILES string of the molecule is O=C(OCC1c2ccccc2-c2ccccc21)N1CCC(C(=O)ON2C(=O)c3ccccc3C2=O)(c2ccccc2)CC1. The van der Waals surface area contributed by atoms with E-state index in [4.69, 9.17) is 9.57 Å². The number of imide groups is 1. The largest absolute Gasteiger partial charge is 0.448 e. The van der Waals surface area contributed by atoms with Crippen molar-refractivity contribution in [3.8, 4) is 11.1 Å². The van der Waals surface area contributed by atoms with E-state index in [-0.39, 0.29) is 49.6 Å². The lowest BCUT2D eigenvalue weighted by Crippen LogP contribution is -2.51. The Kier molecular flexibility index (Phi) is 6.54. The lowest BCUT2D eigenvalue weighted by molar-refractivity contribution is -0.178. The van der Waals surface area contributed by atoms with Crippen LogP contribution in [0.3, 0.4) is 0 Å². The van der Waals surface area contributed by atoms with Crippen LogP contribution in [-0.4, -0.2) is 53.5 Å².